The first-order valence-corrected chi connectivity index (χ1v) is 5.70. The minimum absolute atomic E-state index is 0.0216. The molecule has 0 fully saturated rings. The number of nitrogens with zero attached hydrogens (tertiary/aromatic N) is 1. The summed E-state index contributed by atoms with van der Waals surface area (Å²) in [6, 6.07) is 10.6. The lowest BCUT2D eigenvalue weighted by Crippen LogP contribution is -2.12. The van der Waals surface area contributed by atoms with Crippen LogP contribution in [-0.2, 0) is 5.41 Å². The fourth-order valence-electron chi connectivity index (χ4n) is 1.69. The Labute approximate surface area is 101 Å². The van der Waals surface area contributed by atoms with Crippen LogP contribution in [0.15, 0.2) is 42.6 Å². The molecule has 1 heterocycles. The van der Waals surface area contributed by atoms with Gasteiger partial charge in [-0.15, -0.1) is 0 Å². The van der Waals surface area contributed by atoms with E-state index in [0.29, 0.717) is 5.56 Å². The van der Waals surface area contributed by atoms with Crippen LogP contribution in [0, 0.1) is 5.82 Å². The van der Waals surface area contributed by atoms with Crippen molar-refractivity contribution in [3.8, 4) is 11.1 Å². The van der Waals surface area contributed by atoms with Gasteiger partial charge in [-0.05, 0) is 12.1 Å². The molecule has 0 atom stereocenters. The molecule has 0 aliphatic rings. The summed E-state index contributed by atoms with van der Waals surface area (Å²) in [5.41, 5.74) is 2.45. The van der Waals surface area contributed by atoms with Gasteiger partial charge in [-0.1, -0.05) is 45.0 Å². The number of benzene rings is 1. The van der Waals surface area contributed by atoms with E-state index in [0.717, 1.165) is 11.3 Å². The van der Waals surface area contributed by atoms with Gasteiger partial charge in [0, 0.05) is 28.4 Å². The van der Waals surface area contributed by atoms with Crippen molar-refractivity contribution in [2.24, 2.45) is 0 Å². The predicted octanol–water partition coefficient (Wildman–Crippen LogP) is 4.19. The number of hydrogen-bond acceptors (Lipinski definition) is 1. The topological polar surface area (TPSA) is 12.9 Å². The summed E-state index contributed by atoms with van der Waals surface area (Å²) in [4.78, 5) is 4.40. The van der Waals surface area contributed by atoms with Crippen LogP contribution >= 0.6 is 0 Å². The van der Waals surface area contributed by atoms with E-state index in [9.17, 15) is 4.39 Å². The molecule has 2 heteroatoms. The average Bonchev–Trinajstić information content (AvgIpc) is 2.29. The normalized spacial score (nSPS) is 11.5. The van der Waals surface area contributed by atoms with Crippen molar-refractivity contribution in [1.29, 1.82) is 0 Å². The van der Waals surface area contributed by atoms with Crippen LogP contribution in [0.25, 0.3) is 11.1 Å². The van der Waals surface area contributed by atoms with E-state index in [1.165, 1.54) is 6.07 Å². The van der Waals surface area contributed by atoms with Gasteiger partial charge >= 0.3 is 0 Å². The van der Waals surface area contributed by atoms with E-state index in [1.54, 1.807) is 18.3 Å². The van der Waals surface area contributed by atoms with E-state index in [2.05, 4.69) is 25.8 Å². The molecule has 0 aliphatic heterocycles. The van der Waals surface area contributed by atoms with Crippen LogP contribution in [-0.4, -0.2) is 4.98 Å². The Morgan fingerprint density at radius 3 is 2.24 bits per heavy atom. The van der Waals surface area contributed by atoms with Crippen molar-refractivity contribution in [1.82, 2.24) is 4.98 Å². The van der Waals surface area contributed by atoms with E-state index >= 15 is 0 Å². The Hall–Kier alpha value is -1.70. The molecule has 0 N–H and O–H groups in total. The van der Waals surface area contributed by atoms with Gasteiger partial charge in [0.05, 0.1) is 0 Å². The average molecular weight is 229 g/mol. The zero-order valence-corrected chi connectivity index (χ0v) is 10.4. The lowest BCUT2D eigenvalue weighted by molar-refractivity contribution is 0.569. The standard InChI is InChI=1S/C15H16FN/c1-15(2,3)14-9-8-11(10-17-14)12-6-4-5-7-13(12)16/h4-10H,1-3H3. The largest absolute Gasteiger partial charge is 0.260 e. The molecule has 0 radical (unpaired) electrons. The predicted molar refractivity (Wildman–Crippen MR) is 68.3 cm³/mol. The summed E-state index contributed by atoms with van der Waals surface area (Å²) in [5, 5.41) is 0. The lowest BCUT2D eigenvalue weighted by atomic mass is 9.91. The number of hydrogen-bond donors (Lipinski definition) is 0. The molecular formula is C15H16FN. The molecular weight excluding hydrogens is 213 g/mol. The number of rotatable bonds is 1. The Morgan fingerprint density at radius 2 is 1.71 bits per heavy atom. The molecule has 1 aromatic carbocycles. The Balaban J connectivity index is 2.40. The maximum atomic E-state index is 13.6. The third-order valence-electron chi connectivity index (χ3n) is 2.72. The molecule has 0 unspecified atom stereocenters. The van der Waals surface area contributed by atoms with E-state index in [1.807, 2.05) is 18.2 Å². The molecule has 2 aromatic rings. The molecule has 1 aromatic heterocycles. The van der Waals surface area contributed by atoms with Crippen molar-refractivity contribution >= 4 is 0 Å². The maximum absolute atomic E-state index is 13.6. The summed E-state index contributed by atoms with van der Waals surface area (Å²) in [6.07, 6.45) is 1.74. The van der Waals surface area contributed by atoms with Crippen molar-refractivity contribution < 1.29 is 4.39 Å². The Morgan fingerprint density at radius 1 is 1.00 bits per heavy atom. The van der Waals surface area contributed by atoms with Crippen LogP contribution in [0.4, 0.5) is 4.39 Å². The molecule has 0 aliphatic carbocycles. The first-order valence-electron chi connectivity index (χ1n) is 5.70. The lowest BCUT2D eigenvalue weighted by Gasteiger charge is -2.17. The molecule has 0 bridgehead atoms. The highest BCUT2D eigenvalue weighted by molar-refractivity contribution is 5.63. The van der Waals surface area contributed by atoms with Crippen LogP contribution in [0.5, 0.6) is 0 Å². The summed E-state index contributed by atoms with van der Waals surface area (Å²) < 4.78 is 13.6. The second-order valence-electron chi connectivity index (χ2n) is 5.16. The monoisotopic (exact) mass is 229 g/mol. The van der Waals surface area contributed by atoms with Gasteiger partial charge in [0.2, 0.25) is 0 Å². The summed E-state index contributed by atoms with van der Waals surface area (Å²) in [5.74, 6) is -0.210. The minimum atomic E-state index is -0.210. The Bertz CT molecular complexity index is 509. The zero-order valence-electron chi connectivity index (χ0n) is 10.4. The van der Waals surface area contributed by atoms with E-state index in [-0.39, 0.29) is 11.2 Å². The molecule has 0 saturated carbocycles. The van der Waals surface area contributed by atoms with Gasteiger partial charge in [0.15, 0.2) is 0 Å². The van der Waals surface area contributed by atoms with E-state index < -0.39 is 0 Å². The third kappa shape index (κ3) is 2.52. The molecule has 0 amide bonds. The fourth-order valence-corrected chi connectivity index (χ4v) is 1.69. The number of pyridine rings is 1. The van der Waals surface area contributed by atoms with Crippen LogP contribution in [0.3, 0.4) is 0 Å². The molecule has 1 nitrogen and oxygen atoms in total. The summed E-state index contributed by atoms with van der Waals surface area (Å²) >= 11 is 0. The molecule has 17 heavy (non-hydrogen) atoms. The molecule has 0 saturated heterocycles. The smallest absolute Gasteiger partial charge is 0.131 e. The SMILES string of the molecule is CC(C)(C)c1ccc(-c2ccccc2F)cn1. The van der Waals surface area contributed by atoms with Crippen molar-refractivity contribution in [2.45, 2.75) is 26.2 Å². The molecule has 0 spiro atoms. The first kappa shape index (κ1) is 11.8. The Kier molecular flexibility index (Phi) is 2.97. The summed E-state index contributed by atoms with van der Waals surface area (Å²) in [7, 11) is 0. The summed E-state index contributed by atoms with van der Waals surface area (Å²) in [6.45, 7) is 6.33. The van der Waals surface area contributed by atoms with Gasteiger partial charge < -0.3 is 0 Å². The number of halogens is 1. The van der Waals surface area contributed by atoms with Gasteiger partial charge in [-0.2, -0.15) is 0 Å². The zero-order chi connectivity index (χ0) is 12.5. The van der Waals surface area contributed by atoms with Crippen LogP contribution in [0.2, 0.25) is 0 Å². The quantitative estimate of drug-likeness (QED) is 0.714. The molecule has 88 valence electrons. The third-order valence-corrected chi connectivity index (χ3v) is 2.72. The van der Waals surface area contributed by atoms with Gasteiger partial charge in [0.1, 0.15) is 5.82 Å². The van der Waals surface area contributed by atoms with Crippen molar-refractivity contribution in [3.63, 3.8) is 0 Å². The van der Waals surface area contributed by atoms with Gasteiger partial charge in [0.25, 0.3) is 0 Å². The second-order valence-corrected chi connectivity index (χ2v) is 5.16. The van der Waals surface area contributed by atoms with E-state index in [4.69, 9.17) is 0 Å². The van der Waals surface area contributed by atoms with Crippen molar-refractivity contribution in [3.05, 3.63) is 54.1 Å². The fraction of sp³-hybridized carbons (Fsp3) is 0.267. The highest BCUT2D eigenvalue weighted by atomic mass is 19.1. The minimum Gasteiger partial charge on any atom is -0.260 e. The maximum Gasteiger partial charge on any atom is 0.131 e. The van der Waals surface area contributed by atoms with Crippen LogP contribution < -0.4 is 0 Å². The van der Waals surface area contributed by atoms with Crippen molar-refractivity contribution in [2.75, 3.05) is 0 Å². The first-order chi connectivity index (χ1) is 7.98. The van der Waals surface area contributed by atoms with Crippen LogP contribution in [0.1, 0.15) is 26.5 Å². The molecule has 2 rings (SSSR count). The van der Waals surface area contributed by atoms with Gasteiger partial charge in [-0.3, -0.25) is 4.98 Å². The second kappa shape index (κ2) is 4.28. The number of aromatic nitrogens is 1. The highest BCUT2D eigenvalue weighted by Crippen LogP contribution is 2.25. The highest BCUT2D eigenvalue weighted by Gasteiger charge is 2.15. The van der Waals surface area contributed by atoms with Gasteiger partial charge in [-0.25, -0.2) is 4.39 Å².